The fraction of sp³-hybridized carbons (Fsp3) is 0.444. The third kappa shape index (κ3) is 4.33. The molecule has 3 rings (SSSR count). The monoisotopic (exact) mass is 357 g/mol. The molecular weight excluding hydrogens is 334 g/mol. The molecule has 0 amide bonds. The van der Waals surface area contributed by atoms with Crippen molar-refractivity contribution in [2.24, 2.45) is 0 Å². The molecule has 138 valence electrons. The van der Waals surface area contributed by atoms with Gasteiger partial charge in [0.05, 0.1) is 17.6 Å². The number of nitro benzene ring substituents is 1. The van der Waals surface area contributed by atoms with Gasteiger partial charge in [0.15, 0.2) is 5.82 Å². The van der Waals surface area contributed by atoms with Crippen molar-refractivity contribution in [2.75, 3.05) is 45.2 Å². The van der Waals surface area contributed by atoms with E-state index in [0.717, 1.165) is 31.1 Å². The zero-order valence-corrected chi connectivity index (χ0v) is 15.3. The van der Waals surface area contributed by atoms with Crippen LogP contribution in [0.1, 0.15) is 5.69 Å². The molecule has 1 aromatic carbocycles. The van der Waals surface area contributed by atoms with Gasteiger partial charge in [-0.2, -0.15) is 0 Å². The van der Waals surface area contributed by atoms with Gasteiger partial charge in [-0.3, -0.25) is 10.1 Å². The molecule has 2 heterocycles. The number of morpholine rings is 1. The second-order valence-corrected chi connectivity index (χ2v) is 6.70. The lowest BCUT2D eigenvalue weighted by atomic mass is 10.2. The van der Waals surface area contributed by atoms with Crippen LogP contribution in [0.15, 0.2) is 30.3 Å². The van der Waals surface area contributed by atoms with Crippen LogP contribution in [-0.4, -0.2) is 66.2 Å². The van der Waals surface area contributed by atoms with Crippen molar-refractivity contribution in [1.29, 1.82) is 0 Å². The summed E-state index contributed by atoms with van der Waals surface area (Å²) in [6.07, 6.45) is 0.121. The predicted octanol–water partition coefficient (Wildman–Crippen LogP) is 2.13. The summed E-state index contributed by atoms with van der Waals surface area (Å²) in [6, 6.07) is 8.36. The molecule has 1 aromatic heterocycles. The first-order chi connectivity index (χ1) is 12.4. The van der Waals surface area contributed by atoms with Gasteiger partial charge in [0, 0.05) is 49.1 Å². The number of likely N-dealkylation sites (N-methyl/N-ethyl adjacent to an activating group) is 1. The Kier molecular flexibility index (Phi) is 5.43. The predicted molar refractivity (Wildman–Crippen MR) is 99.4 cm³/mol. The summed E-state index contributed by atoms with van der Waals surface area (Å²) in [7, 11) is 4.05. The molecule has 1 saturated heterocycles. The smallest absolute Gasteiger partial charge is 0.270 e. The van der Waals surface area contributed by atoms with Crippen LogP contribution in [-0.2, 0) is 4.74 Å². The molecule has 26 heavy (non-hydrogen) atoms. The highest BCUT2D eigenvalue weighted by Gasteiger charge is 2.23. The van der Waals surface area contributed by atoms with E-state index in [1.807, 2.05) is 27.1 Å². The summed E-state index contributed by atoms with van der Waals surface area (Å²) in [4.78, 5) is 24.0. The Balaban J connectivity index is 1.88. The largest absolute Gasteiger partial charge is 0.373 e. The fourth-order valence-corrected chi connectivity index (χ4v) is 3.05. The van der Waals surface area contributed by atoms with E-state index >= 15 is 0 Å². The Morgan fingerprint density at radius 1 is 1.35 bits per heavy atom. The third-order valence-corrected chi connectivity index (χ3v) is 4.19. The van der Waals surface area contributed by atoms with Crippen molar-refractivity contribution in [3.63, 3.8) is 0 Å². The van der Waals surface area contributed by atoms with Gasteiger partial charge in [-0.05, 0) is 21.0 Å². The lowest BCUT2D eigenvalue weighted by molar-refractivity contribution is -0.384. The van der Waals surface area contributed by atoms with Crippen molar-refractivity contribution in [2.45, 2.75) is 13.0 Å². The summed E-state index contributed by atoms with van der Waals surface area (Å²) in [5, 5.41) is 11.0. The van der Waals surface area contributed by atoms with E-state index in [-0.39, 0.29) is 11.8 Å². The molecule has 0 spiro atoms. The SMILES string of the molecule is Cc1cc(N2CCOC(CN(C)C)C2)nc(-c2cccc([N+](=O)[O-])c2)n1. The Morgan fingerprint density at radius 2 is 2.15 bits per heavy atom. The van der Waals surface area contributed by atoms with Crippen molar-refractivity contribution >= 4 is 11.5 Å². The molecule has 1 atom stereocenters. The number of rotatable bonds is 5. The molecule has 0 saturated carbocycles. The molecule has 1 aliphatic rings. The highest BCUT2D eigenvalue weighted by Crippen LogP contribution is 2.24. The number of nitrogens with zero attached hydrogens (tertiary/aromatic N) is 5. The van der Waals surface area contributed by atoms with Crippen LogP contribution in [0.5, 0.6) is 0 Å². The molecule has 8 nitrogen and oxygen atoms in total. The average Bonchev–Trinajstić information content (AvgIpc) is 2.61. The van der Waals surface area contributed by atoms with Crippen LogP contribution in [0.2, 0.25) is 0 Å². The van der Waals surface area contributed by atoms with Gasteiger partial charge in [0.2, 0.25) is 0 Å². The minimum absolute atomic E-state index is 0.0339. The third-order valence-electron chi connectivity index (χ3n) is 4.19. The lowest BCUT2D eigenvalue weighted by Crippen LogP contribution is -2.46. The summed E-state index contributed by atoms with van der Waals surface area (Å²) < 4.78 is 5.83. The number of nitro groups is 1. The number of non-ortho nitro benzene ring substituents is 1. The lowest BCUT2D eigenvalue weighted by Gasteiger charge is -2.35. The Morgan fingerprint density at radius 3 is 2.88 bits per heavy atom. The normalized spacial score (nSPS) is 17.5. The van der Waals surface area contributed by atoms with Crippen LogP contribution in [0.4, 0.5) is 11.5 Å². The fourth-order valence-electron chi connectivity index (χ4n) is 3.05. The van der Waals surface area contributed by atoms with Gasteiger partial charge in [0.25, 0.3) is 5.69 Å². The highest BCUT2D eigenvalue weighted by atomic mass is 16.6. The first kappa shape index (κ1) is 18.2. The zero-order chi connectivity index (χ0) is 18.7. The van der Waals surface area contributed by atoms with E-state index in [9.17, 15) is 10.1 Å². The van der Waals surface area contributed by atoms with Crippen LogP contribution < -0.4 is 4.90 Å². The maximum Gasteiger partial charge on any atom is 0.270 e. The van der Waals surface area contributed by atoms with E-state index < -0.39 is 4.92 Å². The van der Waals surface area contributed by atoms with Gasteiger partial charge in [-0.1, -0.05) is 12.1 Å². The quantitative estimate of drug-likeness (QED) is 0.598. The van der Waals surface area contributed by atoms with E-state index in [1.165, 1.54) is 12.1 Å². The molecule has 1 aliphatic heterocycles. The van der Waals surface area contributed by atoms with Crippen LogP contribution in [0.25, 0.3) is 11.4 Å². The molecule has 1 unspecified atom stereocenters. The van der Waals surface area contributed by atoms with Crippen molar-refractivity contribution in [1.82, 2.24) is 14.9 Å². The summed E-state index contributed by atoms with van der Waals surface area (Å²) in [5.74, 6) is 1.32. The maximum atomic E-state index is 11.0. The maximum absolute atomic E-state index is 11.0. The van der Waals surface area contributed by atoms with Gasteiger partial charge in [0.1, 0.15) is 5.82 Å². The van der Waals surface area contributed by atoms with E-state index in [1.54, 1.807) is 12.1 Å². The number of benzene rings is 1. The van der Waals surface area contributed by atoms with Crippen molar-refractivity contribution in [3.8, 4) is 11.4 Å². The van der Waals surface area contributed by atoms with Crippen molar-refractivity contribution < 1.29 is 9.66 Å². The Bertz CT molecular complexity index is 796. The highest BCUT2D eigenvalue weighted by molar-refractivity contribution is 5.61. The number of ether oxygens (including phenoxy) is 1. The van der Waals surface area contributed by atoms with Gasteiger partial charge >= 0.3 is 0 Å². The van der Waals surface area contributed by atoms with Crippen LogP contribution >= 0.6 is 0 Å². The second-order valence-electron chi connectivity index (χ2n) is 6.70. The number of anilines is 1. The molecule has 2 aromatic rings. The summed E-state index contributed by atoms with van der Waals surface area (Å²) >= 11 is 0. The summed E-state index contributed by atoms with van der Waals surface area (Å²) in [5.41, 5.74) is 1.50. The minimum Gasteiger partial charge on any atom is -0.373 e. The zero-order valence-electron chi connectivity index (χ0n) is 15.3. The molecule has 0 aliphatic carbocycles. The first-order valence-corrected chi connectivity index (χ1v) is 8.54. The molecule has 1 fully saturated rings. The molecule has 8 heteroatoms. The van der Waals surface area contributed by atoms with Crippen molar-refractivity contribution in [3.05, 3.63) is 46.1 Å². The first-order valence-electron chi connectivity index (χ1n) is 8.54. The topological polar surface area (TPSA) is 84.6 Å². The molecule has 0 N–H and O–H groups in total. The number of hydrogen-bond acceptors (Lipinski definition) is 7. The van der Waals surface area contributed by atoms with Gasteiger partial charge in [-0.15, -0.1) is 0 Å². The van der Waals surface area contributed by atoms with E-state index in [4.69, 9.17) is 4.74 Å². The number of hydrogen-bond donors (Lipinski definition) is 0. The number of aromatic nitrogens is 2. The second kappa shape index (κ2) is 7.76. The van der Waals surface area contributed by atoms with Gasteiger partial charge in [-0.25, -0.2) is 9.97 Å². The minimum atomic E-state index is -0.409. The molecular formula is C18H23N5O3. The molecule has 0 bridgehead atoms. The van der Waals surface area contributed by atoms with Gasteiger partial charge < -0.3 is 14.5 Å². The summed E-state index contributed by atoms with van der Waals surface area (Å²) in [6.45, 7) is 4.91. The molecule has 0 radical (unpaired) electrons. The van der Waals surface area contributed by atoms with Crippen LogP contribution in [0.3, 0.4) is 0 Å². The van der Waals surface area contributed by atoms with Crippen LogP contribution in [0, 0.1) is 17.0 Å². The Labute approximate surface area is 152 Å². The number of aryl methyl sites for hydroxylation is 1. The van der Waals surface area contributed by atoms with E-state index in [2.05, 4.69) is 19.8 Å². The average molecular weight is 357 g/mol. The van der Waals surface area contributed by atoms with E-state index in [0.29, 0.717) is 18.0 Å². The Hall–Kier alpha value is -2.58. The standard InChI is InChI=1S/C18H23N5O3/c1-13-9-17(22-7-8-26-16(12-22)11-21(2)3)20-18(19-13)14-5-4-6-15(10-14)23(24)25/h4-6,9-10,16H,7-8,11-12H2,1-3H3.